The van der Waals surface area contributed by atoms with Crippen molar-refractivity contribution < 1.29 is 0 Å². The number of hydrogen-bond donors (Lipinski definition) is 1. The monoisotopic (exact) mass is 277 g/mol. The summed E-state index contributed by atoms with van der Waals surface area (Å²) in [5.41, 5.74) is 12.7. The minimum atomic E-state index is -0.142. The Morgan fingerprint density at radius 2 is 1.48 bits per heavy atom. The SMILES string of the molecule is Cc1cc(C(N)c2ccc3nc(C)ccc3c2)cc(C)n1. The van der Waals surface area contributed by atoms with Crippen LogP contribution in [0, 0.1) is 20.8 Å². The second-order valence-electron chi connectivity index (χ2n) is 5.57. The second kappa shape index (κ2) is 5.26. The van der Waals surface area contributed by atoms with Gasteiger partial charge in [0.2, 0.25) is 0 Å². The normalized spacial score (nSPS) is 12.6. The number of pyridine rings is 2. The topological polar surface area (TPSA) is 51.8 Å². The first-order valence-electron chi connectivity index (χ1n) is 7.11. The zero-order valence-corrected chi connectivity index (χ0v) is 12.6. The predicted octanol–water partition coefficient (Wildman–Crippen LogP) is 3.60. The molecular formula is C18H19N3. The van der Waals surface area contributed by atoms with Gasteiger partial charge in [0, 0.05) is 22.5 Å². The zero-order valence-electron chi connectivity index (χ0n) is 12.6. The van der Waals surface area contributed by atoms with Crippen molar-refractivity contribution in [3.05, 3.63) is 70.7 Å². The highest BCUT2D eigenvalue weighted by atomic mass is 14.7. The third kappa shape index (κ3) is 2.78. The van der Waals surface area contributed by atoms with Crippen molar-refractivity contribution in [3.63, 3.8) is 0 Å². The molecule has 3 heteroatoms. The van der Waals surface area contributed by atoms with Crippen LogP contribution in [-0.4, -0.2) is 9.97 Å². The predicted molar refractivity (Wildman–Crippen MR) is 86.2 cm³/mol. The first kappa shape index (κ1) is 13.7. The maximum Gasteiger partial charge on any atom is 0.0705 e. The molecular weight excluding hydrogens is 258 g/mol. The molecule has 0 saturated heterocycles. The molecule has 0 radical (unpaired) electrons. The Hall–Kier alpha value is -2.26. The summed E-state index contributed by atoms with van der Waals surface area (Å²) in [7, 11) is 0. The summed E-state index contributed by atoms with van der Waals surface area (Å²) in [6.45, 7) is 5.99. The Morgan fingerprint density at radius 3 is 2.19 bits per heavy atom. The van der Waals surface area contributed by atoms with Gasteiger partial charge in [-0.1, -0.05) is 12.1 Å². The number of aryl methyl sites for hydroxylation is 3. The standard InChI is InChI=1S/C18H19N3/c1-11-4-5-14-10-15(6-7-17(14)21-11)18(19)16-8-12(2)20-13(3)9-16/h4-10,18H,19H2,1-3H3. The minimum Gasteiger partial charge on any atom is -0.320 e. The van der Waals surface area contributed by atoms with Crippen LogP contribution < -0.4 is 5.73 Å². The Balaban J connectivity index is 2.04. The first-order valence-corrected chi connectivity index (χ1v) is 7.11. The van der Waals surface area contributed by atoms with E-state index in [2.05, 4.69) is 40.3 Å². The van der Waals surface area contributed by atoms with E-state index in [1.165, 1.54) is 0 Å². The highest BCUT2D eigenvalue weighted by Crippen LogP contribution is 2.24. The number of aromatic nitrogens is 2. The van der Waals surface area contributed by atoms with E-state index >= 15 is 0 Å². The van der Waals surface area contributed by atoms with Gasteiger partial charge >= 0.3 is 0 Å². The maximum atomic E-state index is 6.43. The Labute approximate surface area is 124 Å². The smallest absolute Gasteiger partial charge is 0.0705 e. The van der Waals surface area contributed by atoms with Crippen molar-refractivity contribution in [3.8, 4) is 0 Å². The molecule has 0 amide bonds. The number of rotatable bonds is 2. The van der Waals surface area contributed by atoms with E-state index in [1.807, 2.05) is 32.9 Å². The van der Waals surface area contributed by atoms with Gasteiger partial charge in [-0.25, -0.2) is 0 Å². The molecule has 2 aromatic heterocycles. The van der Waals surface area contributed by atoms with Crippen LogP contribution in [0.25, 0.3) is 10.9 Å². The van der Waals surface area contributed by atoms with Crippen LogP contribution in [0.1, 0.15) is 34.3 Å². The van der Waals surface area contributed by atoms with E-state index < -0.39 is 0 Å². The molecule has 106 valence electrons. The number of nitrogens with two attached hydrogens (primary N) is 1. The molecule has 1 aromatic carbocycles. The van der Waals surface area contributed by atoms with Crippen molar-refractivity contribution in [1.29, 1.82) is 0 Å². The van der Waals surface area contributed by atoms with E-state index in [4.69, 9.17) is 5.73 Å². The second-order valence-corrected chi connectivity index (χ2v) is 5.57. The van der Waals surface area contributed by atoms with Gasteiger partial charge in [0.05, 0.1) is 11.6 Å². The van der Waals surface area contributed by atoms with Crippen molar-refractivity contribution in [2.45, 2.75) is 26.8 Å². The highest BCUT2D eigenvalue weighted by Gasteiger charge is 2.11. The first-order chi connectivity index (χ1) is 10.0. The fourth-order valence-electron chi connectivity index (χ4n) is 2.68. The largest absolute Gasteiger partial charge is 0.320 e. The van der Waals surface area contributed by atoms with Crippen LogP contribution in [-0.2, 0) is 0 Å². The third-order valence-corrected chi connectivity index (χ3v) is 3.67. The Morgan fingerprint density at radius 1 is 0.762 bits per heavy atom. The molecule has 3 nitrogen and oxygen atoms in total. The molecule has 21 heavy (non-hydrogen) atoms. The summed E-state index contributed by atoms with van der Waals surface area (Å²) < 4.78 is 0. The van der Waals surface area contributed by atoms with Crippen molar-refractivity contribution in [1.82, 2.24) is 9.97 Å². The van der Waals surface area contributed by atoms with E-state index in [0.29, 0.717) is 0 Å². The van der Waals surface area contributed by atoms with E-state index in [-0.39, 0.29) is 6.04 Å². The van der Waals surface area contributed by atoms with E-state index in [1.54, 1.807) is 0 Å². The number of fused-ring (bicyclic) bond motifs is 1. The molecule has 0 saturated carbocycles. The number of nitrogens with zero attached hydrogens (tertiary/aromatic N) is 2. The molecule has 0 bridgehead atoms. The average Bonchev–Trinajstić information content (AvgIpc) is 2.45. The molecule has 0 aliphatic heterocycles. The molecule has 3 aromatic rings. The molecule has 2 heterocycles. The lowest BCUT2D eigenvalue weighted by Crippen LogP contribution is -2.12. The Bertz CT molecular complexity index is 788. The van der Waals surface area contributed by atoms with Gasteiger partial charge < -0.3 is 5.73 Å². The van der Waals surface area contributed by atoms with Gasteiger partial charge in [0.15, 0.2) is 0 Å². The lowest BCUT2D eigenvalue weighted by molar-refractivity contribution is 0.861. The molecule has 0 fully saturated rings. The van der Waals surface area contributed by atoms with Crippen molar-refractivity contribution >= 4 is 10.9 Å². The lowest BCUT2D eigenvalue weighted by Gasteiger charge is -2.14. The lowest BCUT2D eigenvalue weighted by atomic mass is 9.97. The molecule has 0 aliphatic rings. The van der Waals surface area contributed by atoms with Crippen LogP contribution in [0.5, 0.6) is 0 Å². The molecule has 1 atom stereocenters. The minimum absolute atomic E-state index is 0.142. The van der Waals surface area contributed by atoms with Crippen LogP contribution in [0.15, 0.2) is 42.5 Å². The van der Waals surface area contributed by atoms with Crippen LogP contribution in [0.3, 0.4) is 0 Å². The maximum absolute atomic E-state index is 6.43. The molecule has 0 aliphatic carbocycles. The van der Waals surface area contributed by atoms with Crippen molar-refractivity contribution in [2.75, 3.05) is 0 Å². The van der Waals surface area contributed by atoms with Crippen LogP contribution in [0.2, 0.25) is 0 Å². The Kier molecular flexibility index (Phi) is 3.43. The summed E-state index contributed by atoms with van der Waals surface area (Å²) in [6.07, 6.45) is 0. The molecule has 3 rings (SSSR count). The van der Waals surface area contributed by atoms with Crippen molar-refractivity contribution in [2.24, 2.45) is 5.73 Å². The highest BCUT2D eigenvalue weighted by molar-refractivity contribution is 5.79. The molecule has 1 unspecified atom stereocenters. The van der Waals surface area contributed by atoms with Gasteiger partial charge in [-0.05, 0) is 62.2 Å². The zero-order chi connectivity index (χ0) is 15.0. The quantitative estimate of drug-likeness (QED) is 0.778. The fourth-order valence-corrected chi connectivity index (χ4v) is 2.68. The summed E-state index contributed by atoms with van der Waals surface area (Å²) in [5.74, 6) is 0. The fraction of sp³-hybridized carbons (Fsp3) is 0.222. The number of benzene rings is 1. The van der Waals surface area contributed by atoms with Gasteiger partial charge in [-0.15, -0.1) is 0 Å². The summed E-state index contributed by atoms with van der Waals surface area (Å²) >= 11 is 0. The average molecular weight is 277 g/mol. The van der Waals surface area contributed by atoms with Crippen LogP contribution in [0.4, 0.5) is 0 Å². The number of hydrogen-bond acceptors (Lipinski definition) is 3. The van der Waals surface area contributed by atoms with E-state index in [9.17, 15) is 0 Å². The molecule has 2 N–H and O–H groups in total. The van der Waals surface area contributed by atoms with E-state index in [0.717, 1.165) is 39.1 Å². The summed E-state index contributed by atoms with van der Waals surface area (Å²) in [5, 5.41) is 1.12. The summed E-state index contributed by atoms with van der Waals surface area (Å²) in [6, 6.07) is 14.3. The van der Waals surface area contributed by atoms with Gasteiger partial charge in [-0.2, -0.15) is 0 Å². The summed E-state index contributed by atoms with van der Waals surface area (Å²) in [4.78, 5) is 8.93. The third-order valence-electron chi connectivity index (χ3n) is 3.67. The van der Waals surface area contributed by atoms with Gasteiger partial charge in [0.1, 0.15) is 0 Å². The van der Waals surface area contributed by atoms with Crippen LogP contribution >= 0.6 is 0 Å². The van der Waals surface area contributed by atoms with Gasteiger partial charge in [-0.3, -0.25) is 9.97 Å². The van der Waals surface area contributed by atoms with Gasteiger partial charge in [0.25, 0.3) is 0 Å². The molecule has 0 spiro atoms.